The molecule has 0 saturated carbocycles. The van der Waals surface area contributed by atoms with Crippen LogP contribution in [0.5, 0.6) is 0 Å². The minimum absolute atomic E-state index is 0.708. The van der Waals surface area contributed by atoms with Gasteiger partial charge in [-0.25, -0.2) is 0 Å². The highest BCUT2D eigenvalue weighted by atomic mass is 16.5. The van der Waals surface area contributed by atoms with Crippen LogP contribution in [0.15, 0.2) is 59.6 Å². The summed E-state index contributed by atoms with van der Waals surface area (Å²) in [6.45, 7) is 4.08. The number of hydrogen-bond donors (Lipinski definition) is 0. The maximum absolute atomic E-state index is 5.58. The van der Waals surface area contributed by atoms with Crippen LogP contribution in [-0.4, -0.2) is 35.8 Å². The summed E-state index contributed by atoms with van der Waals surface area (Å²) in [6.07, 6.45) is 0. The zero-order valence-corrected chi connectivity index (χ0v) is 13.5. The Bertz CT molecular complexity index is 1030. The Morgan fingerprint density at radius 2 is 1.71 bits per heavy atom. The van der Waals surface area contributed by atoms with Crippen molar-refractivity contribution < 1.29 is 4.74 Å². The third kappa shape index (κ3) is 2.07. The molecule has 1 aromatic heterocycles. The maximum atomic E-state index is 5.58. The fourth-order valence-corrected chi connectivity index (χ4v) is 3.75. The molecule has 0 amide bonds. The molecule has 2 aliphatic heterocycles. The molecule has 0 atom stereocenters. The standard InChI is InChI=1S/C20H19N3O/c1-4-8-19-15(5-1)13-16-14-21-18-7-3-2-6-17(18)20(23(16)19)22-9-11-24-12-10-22/h1-8,13H,9-12,14H2. The van der Waals surface area contributed by atoms with Crippen LogP contribution in [0.2, 0.25) is 0 Å². The van der Waals surface area contributed by atoms with Crippen LogP contribution >= 0.6 is 0 Å². The van der Waals surface area contributed by atoms with Gasteiger partial charge < -0.3 is 9.64 Å². The number of para-hydroxylation sites is 2. The Morgan fingerprint density at radius 1 is 0.917 bits per heavy atom. The number of ether oxygens (including phenoxy) is 1. The maximum Gasteiger partial charge on any atom is 0.123 e. The molecule has 0 bridgehead atoms. The fraction of sp³-hybridized carbons (Fsp3) is 0.250. The molecule has 2 aromatic carbocycles. The minimum Gasteiger partial charge on any atom is -0.378 e. The number of morpholine rings is 1. The number of hydrogen-bond acceptors (Lipinski definition) is 3. The van der Waals surface area contributed by atoms with Gasteiger partial charge in [0.25, 0.3) is 0 Å². The largest absolute Gasteiger partial charge is 0.378 e. The lowest BCUT2D eigenvalue weighted by Crippen LogP contribution is -2.42. The molecule has 0 aliphatic carbocycles. The first-order valence-electron chi connectivity index (χ1n) is 8.48. The van der Waals surface area contributed by atoms with Crippen LogP contribution in [0, 0.1) is 0 Å². The van der Waals surface area contributed by atoms with E-state index in [1.807, 2.05) is 0 Å². The predicted molar refractivity (Wildman–Crippen MR) is 94.1 cm³/mol. The molecule has 0 spiro atoms. The van der Waals surface area contributed by atoms with E-state index >= 15 is 0 Å². The van der Waals surface area contributed by atoms with Gasteiger partial charge in [0.1, 0.15) is 5.82 Å². The van der Waals surface area contributed by atoms with E-state index in [9.17, 15) is 0 Å². The van der Waals surface area contributed by atoms with Crippen molar-refractivity contribution in [2.45, 2.75) is 6.54 Å². The van der Waals surface area contributed by atoms with Gasteiger partial charge in [-0.3, -0.25) is 9.56 Å². The highest BCUT2D eigenvalue weighted by Crippen LogP contribution is 2.26. The smallest absolute Gasteiger partial charge is 0.123 e. The van der Waals surface area contributed by atoms with Crippen LogP contribution in [0.4, 0.5) is 0 Å². The van der Waals surface area contributed by atoms with Crippen molar-refractivity contribution >= 4 is 16.7 Å². The zero-order chi connectivity index (χ0) is 15.9. The van der Waals surface area contributed by atoms with Crippen LogP contribution in [-0.2, 0) is 11.3 Å². The Hall–Kier alpha value is -2.59. The molecule has 0 radical (unpaired) electrons. The van der Waals surface area contributed by atoms with Gasteiger partial charge in [-0.05, 0) is 24.3 Å². The Kier molecular flexibility index (Phi) is 3.16. The molecule has 3 aromatic rings. The lowest BCUT2D eigenvalue weighted by molar-refractivity contribution is 0.0614. The average Bonchev–Trinajstić information content (AvgIpc) is 2.92. The SMILES string of the molecule is c1ccc2c(c1)=NCc1cc3ccccc3n1C=2N1CCOCC1. The third-order valence-electron chi connectivity index (χ3n) is 4.87. The van der Waals surface area contributed by atoms with E-state index in [0.29, 0.717) is 6.54 Å². The molecule has 120 valence electrons. The first kappa shape index (κ1) is 13.8. The molecule has 0 N–H and O–H groups in total. The summed E-state index contributed by atoms with van der Waals surface area (Å²) < 4.78 is 7.98. The second-order valence-corrected chi connectivity index (χ2v) is 6.29. The number of benzene rings is 2. The van der Waals surface area contributed by atoms with Crippen LogP contribution in [0.3, 0.4) is 0 Å². The number of rotatable bonds is 1. The molecule has 3 heterocycles. The van der Waals surface area contributed by atoms with Crippen LogP contribution in [0.1, 0.15) is 5.69 Å². The molecule has 1 saturated heterocycles. The minimum atomic E-state index is 0.708. The zero-order valence-electron chi connectivity index (χ0n) is 13.5. The topological polar surface area (TPSA) is 29.8 Å². The van der Waals surface area contributed by atoms with E-state index in [0.717, 1.165) is 31.7 Å². The Balaban J connectivity index is 1.89. The van der Waals surface area contributed by atoms with Crippen LogP contribution in [0.25, 0.3) is 16.7 Å². The number of aromatic nitrogens is 1. The first-order chi connectivity index (χ1) is 11.9. The second-order valence-electron chi connectivity index (χ2n) is 6.29. The van der Waals surface area contributed by atoms with Crippen molar-refractivity contribution in [2.75, 3.05) is 26.3 Å². The molecule has 2 aliphatic rings. The summed E-state index contributed by atoms with van der Waals surface area (Å²) in [7, 11) is 0. The fourth-order valence-electron chi connectivity index (χ4n) is 3.75. The molecule has 4 heteroatoms. The lowest BCUT2D eigenvalue weighted by atomic mass is 10.2. The van der Waals surface area contributed by atoms with E-state index < -0.39 is 0 Å². The van der Waals surface area contributed by atoms with Crippen molar-refractivity contribution in [1.82, 2.24) is 9.47 Å². The van der Waals surface area contributed by atoms with Gasteiger partial charge in [0.15, 0.2) is 0 Å². The Labute approximate surface area is 140 Å². The summed E-state index contributed by atoms with van der Waals surface area (Å²) in [6, 6.07) is 19.3. The highest BCUT2D eigenvalue weighted by molar-refractivity contribution is 5.84. The lowest BCUT2D eigenvalue weighted by Gasteiger charge is -2.32. The van der Waals surface area contributed by atoms with Gasteiger partial charge in [-0.2, -0.15) is 0 Å². The summed E-state index contributed by atoms with van der Waals surface area (Å²) in [4.78, 5) is 7.31. The highest BCUT2D eigenvalue weighted by Gasteiger charge is 2.22. The third-order valence-corrected chi connectivity index (χ3v) is 4.87. The van der Waals surface area contributed by atoms with Gasteiger partial charge in [0, 0.05) is 29.4 Å². The van der Waals surface area contributed by atoms with Crippen LogP contribution < -0.4 is 10.6 Å². The second kappa shape index (κ2) is 5.49. The molecule has 1 fully saturated rings. The number of nitrogens with zero attached hydrogens (tertiary/aromatic N) is 3. The quantitative estimate of drug-likeness (QED) is 0.684. The van der Waals surface area contributed by atoms with E-state index in [1.54, 1.807) is 0 Å². The van der Waals surface area contributed by atoms with Gasteiger partial charge >= 0.3 is 0 Å². The summed E-state index contributed by atoms with van der Waals surface area (Å²) in [5.74, 6) is 1.24. The summed E-state index contributed by atoms with van der Waals surface area (Å²) in [5.41, 5.74) is 2.50. The molecular weight excluding hydrogens is 298 g/mol. The summed E-state index contributed by atoms with van der Waals surface area (Å²) in [5, 5.41) is 3.55. The predicted octanol–water partition coefficient (Wildman–Crippen LogP) is 1.72. The van der Waals surface area contributed by atoms with E-state index in [2.05, 4.69) is 64.1 Å². The van der Waals surface area contributed by atoms with Crippen molar-refractivity contribution in [3.8, 4) is 0 Å². The van der Waals surface area contributed by atoms with Gasteiger partial charge in [-0.1, -0.05) is 30.3 Å². The number of fused-ring (bicyclic) bond motifs is 4. The molecule has 24 heavy (non-hydrogen) atoms. The van der Waals surface area contributed by atoms with Crippen molar-refractivity contribution in [3.63, 3.8) is 0 Å². The van der Waals surface area contributed by atoms with Gasteiger partial charge in [0.05, 0.1) is 30.6 Å². The molecule has 4 nitrogen and oxygen atoms in total. The molecule has 5 rings (SSSR count). The summed E-state index contributed by atoms with van der Waals surface area (Å²) >= 11 is 0. The van der Waals surface area contributed by atoms with E-state index in [4.69, 9.17) is 9.73 Å². The first-order valence-corrected chi connectivity index (χ1v) is 8.48. The average molecular weight is 317 g/mol. The van der Waals surface area contributed by atoms with Crippen molar-refractivity contribution in [1.29, 1.82) is 0 Å². The van der Waals surface area contributed by atoms with Crippen molar-refractivity contribution in [3.05, 3.63) is 70.9 Å². The monoisotopic (exact) mass is 317 g/mol. The van der Waals surface area contributed by atoms with E-state index in [-0.39, 0.29) is 0 Å². The Morgan fingerprint density at radius 3 is 2.62 bits per heavy atom. The van der Waals surface area contributed by atoms with Gasteiger partial charge in [0.2, 0.25) is 0 Å². The van der Waals surface area contributed by atoms with Crippen molar-refractivity contribution in [2.24, 2.45) is 4.99 Å². The van der Waals surface area contributed by atoms with Gasteiger partial charge in [-0.15, -0.1) is 0 Å². The normalized spacial score (nSPS) is 17.2. The molecule has 0 unspecified atom stereocenters. The van der Waals surface area contributed by atoms with E-state index in [1.165, 1.54) is 27.6 Å². The molecular formula is C20H19N3O.